The predicted octanol–water partition coefficient (Wildman–Crippen LogP) is 2.87. The van der Waals surface area contributed by atoms with Crippen molar-refractivity contribution in [2.75, 3.05) is 6.61 Å². The van der Waals surface area contributed by atoms with Gasteiger partial charge in [-0.2, -0.15) is 13.2 Å². The van der Waals surface area contributed by atoms with Crippen LogP contribution in [-0.2, 0) is 25.2 Å². The molecule has 1 aromatic carbocycles. The van der Waals surface area contributed by atoms with Crippen LogP contribution in [0.5, 0.6) is 0 Å². The second-order valence-corrected chi connectivity index (χ2v) is 4.02. The minimum atomic E-state index is -4.50. The molecular weight excluding hydrogens is 277 g/mol. The molecule has 0 heterocycles. The number of ether oxygens (including phenoxy) is 2. The topological polar surface area (TPSA) is 52.6 Å². The maximum absolute atomic E-state index is 12.6. The van der Waals surface area contributed by atoms with Gasteiger partial charge >= 0.3 is 18.1 Å². The van der Waals surface area contributed by atoms with Gasteiger partial charge in [-0.05, 0) is 17.7 Å². The Bertz CT molecular complexity index is 497. The first kappa shape index (κ1) is 16.0. The Morgan fingerprint density at radius 2 is 1.85 bits per heavy atom. The van der Waals surface area contributed by atoms with Gasteiger partial charge in [0, 0.05) is 13.8 Å². The van der Waals surface area contributed by atoms with Crippen LogP contribution in [0.15, 0.2) is 24.3 Å². The molecule has 0 saturated carbocycles. The Balaban J connectivity index is 3.00. The van der Waals surface area contributed by atoms with E-state index in [1.54, 1.807) is 0 Å². The fourth-order valence-corrected chi connectivity index (χ4v) is 1.51. The SMILES string of the molecule is CC(=O)OC[C@H](OC(C)=O)c1cccc(C(F)(F)F)c1. The Morgan fingerprint density at radius 3 is 2.35 bits per heavy atom. The molecule has 1 atom stereocenters. The summed E-state index contributed by atoms with van der Waals surface area (Å²) in [5.74, 6) is -1.30. The van der Waals surface area contributed by atoms with Crippen molar-refractivity contribution >= 4 is 11.9 Å². The van der Waals surface area contributed by atoms with Crippen molar-refractivity contribution in [1.29, 1.82) is 0 Å². The summed E-state index contributed by atoms with van der Waals surface area (Å²) >= 11 is 0. The van der Waals surface area contributed by atoms with Gasteiger partial charge < -0.3 is 9.47 Å². The summed E-state index contributed by atoms with van der Waals surface area (Å²) in [7, 11) is 0. The minimum Gasteiger partial charge on any atom is -0.462 e. The number of hydrogen-bond acceptors (Lipinski definition) is 4. The molecule has 0 aromatic heterocycles. The molecule has 7 heteroatoms. The molecular formula is C13H13F3O4. The number of carbonyl (C=O) groups excluding carboxylic acids is 2. The zero-order valence-corrected chi connectivity index (χ0v) is 10.9. The largest absolute Gasteiger partial charge is 0.462 e. The summed E-state index contributed by atoms with van der Waals surface area (Å²) in [5, 5.41) is 0. The summed E-state index contributed by atoms with van der Waals surface area (Å²) in [6, 6.07) is 4.33. The van der Waals surface area contributed by atoms with Crippen LogP contribution in [0.3, 0.4) is 0 Å². The molecule has 0 spiro atoms. The fraction of sp³-hybridized carbons (Fsp3) is 0.385. The van der Waals surface area contributed by atoms with E-state index < -0.39 is 29.8 Å². The van der Waals surface area contributed by atoms with E-state index in [1.807, 2.05) is 0 Å². The third kappa shape index (κ3) is 4.91. The van der Waals surface area contributed by atoms with Crippen molar-refractivity contribution in [3.8, 4) is 0 Å². The highest BCUT2D eigenvalue weighted by molar-refractivity contribution is 5.67. The number of hydrogen-bond donors (Lipinski definition) is 0. The standard InChI is InChI=1S/C13H13F3O4/c1-8(17)19-7-12(20-9(2)18)10-4-3-5-11(6-10)13(14,15)16/h3-6,12H,7H2,1-2H3/t12-/m0/s1. The molecule has 0 fully saturated rings. The van der Waals surface area contributed by atoms with Crippen molar-refractivity contribution in [1.82, 2.24) is 0 Å². The van der Waals surface area contributed by atoms with E-state index in [0.29, 0.717) is 0 Å². The third-order valence-electron chi connectivity index (χ3n) is 2.33. The highest BCUT2D eigenvalue weighted by Crippen LogP contribution is 2.31. The van der Waals surface area contributed by atoms with E-state index in [4.69, 9.17) is 4.74 Å². The molecule has 20 heavy (non-hydrogen) atoms. The lowest BCUT2D eigenvalue weighted by atomic mass is 10.1. The highest BCUT2D eigenvalue weighted by atomic mass is 19.4. The minimum absolute atomic E-state index is 0.108. The van der Waals surface area contributed by atoms with Crippen molar-refractivity contribution < 1.29 is 32.2 Å². The molecule has 0 amide bonds. The molecule has 0 unspecified atom stereocenters. The number of alkyl halides is 3. The zero-order chi connectivity index (χ0) is 15.3. The van der Waals surface area contributed by atoms with Crippen LogP contribution in [0.4, 0.5) is 13.2 Å². The Morgan fingerprint density at radius 1 is 1.20 bits per heavy atom. The monoisotopic (exact) mass is 290 g/mol. The summed E-state index contributed by atoms with van der Waals surface area (Å²) in [6.07, 6.45) is -5.57. The molecule has 0 aliphatic heterocycles. The maximum atomic E-state index is 12.6. The van der Waals surface area contributed by atoms with Gasteiger partial charge in [-0.3, -0.25) is 9.59 Å². The van der Waals surface area contributed by atoms with Crippen LogP contribution in [-0.4, -0.2) is 18.5 Å². The second kappa shape index (κ2) is 6.40. The zero-order valence-electron chi connectivity index (χ0n) is 10.9. The van der Waals surface area contributed by atoms with Crippen LogP contribution in [0.25, 0.3) is 0 Å². The number of esters is 2. The highest BCUT2D eigenvalue weighted by Gasteiger charge is 2.31. The van der Waals surface area contributed by atoms with Gasteiger partial charge in [0.25, 0.3) is 0 Å². The van der Waals surface area contributed by atoms with E-state index in [-0.39, 0.29) is 12.2 Å². The summed E-state index contributed by atoms with van der Waals surface area (Å²) in [4.78, 5) is 21.7. The smallest absolute Gasteiger partial charge is 0.416 e. The number of halogens is 3. The van der Waals surface area contributed by atoms with E-state index in [1.165, 1.54) is 12.1 Å². The molecule has 110 valence electrons. The molecule has 0 aliphatic carbocycles. The fourth-order valence-electron chi connectivity index (χ4n) is 1.51. The Hall–Kier alpha value is -2.05. The summed E-state index contributed by atoms with van der Waals surface area (Å²) in [6.45, 7) is 1.93. The Kier molecular flexibility index (Phi) is 5.12. The molecule has 0 bridgehead atoms. The van der Waals surface area contributed by atoms with Gasteiger partial charge in [0.1, 0.15) is 6.61 Å². The van der Waals surface area contributed by atoms with Gasteiger partial charge in [-0.1, -0.05) is 12.1 Å². The van der Waals surface area contributed by atoms with Crippen molar-refractivity contribution in [2.24, 2.45) is 0 Å². The van der Waals surface area contributed by atoms with E-state index >= 15 is 0 Å². The number of rotatable bonds is 4. The first-order chi connectivity index (χ1) is 9.20. The van der Waals surface area contributed by atoms with Crippen molar-refractivity contribution in [3.63, 3.8) is 0 Å². The van der Waals surface area contributed by atoms with Gasteiger partial charge in [-0.15, -0.1) is 0 Å². The van der Waals surface area contributed by atoms with Crippen LogP contribution >= 0.6 is 0 Å². The number of benzene rings is 1. The van der Waals surface area contributed by atoms with Crippen LogP contribution < -0.4 is 0 Å². The van der Waals surface area contributed by atoms with E-state index in [9.17, 15) is 22.8 Å². The van der Waals surface area contributed by atoms with Gasteiger partial charge in [-0.25, -0.2) is 0 Å². The van der Waals surface area contributed by atoms with Crippen molar-refractivity contribution in [3.05, 3.63) is 35.4 Å². The lowest BCUT2D eigenvalue weighted by molar-refractivity contribution is -0.156. The molecule has 1 rings (SSSR count). The van der Waals surface area contributed by atoms with Crippen molar-refractivity contribution in [2.45, 2.75) is 26.1 Å². The number of carbonyl (C=O) groups is 2. The van der Waals surface area contributed by atoms with Crippen LogP contribution in [0.1, 0.15) is 31.1 Å². The molecule has 0 N–H and O–H groups in total. The van der Waals surface area contributed by atoms with Gasteiger partial charge in [0.05, 0.1) is 5.56 Å². The normalized spacial score (nSPS) is 12.7. The van der Waals surface area contributed by atoms with Crippen LogP contribution in [0, 0.1) is 0 Å². The average molecular weight is 290 g/mol. The van der Waals surface area contributed by atoms with Crippen LogP contribution in [0.2, 0.25) is 0 Å². The van der Waals surface area contributed by atoms with E-state index in [0.717, 1.165) is 26.0 Å². The average Bonchev–Trinajstić information content (AvgIpc) is 2.33. The van der Waals surface area contributed by atoms with Gasteiger partial charge in [0.2, 0.25) is 0 Å². The first-order valence-corrected chi connectivity index (χ1v) is 5.68. The Labute approximate surface area is 113 Å². The quantitative estimate of drug-likeness (QED) is 0.800. The summed E-state index contributed by atoms with van der Waals surface area (Å²) in [5.41, 5.74) is -0.758. The molecule has 4 nitrogen and oxygen atoms in total. The predicted molar refractivity (Wildman–Crippen MR) is 62.6 cm³/mol. The lowest BCUT2D eigenvalue weighted by Gasteiger charge is -2.18. The summed E-state index contributed by atoms with van der Waals surface area (Å²) < 4.78 is 47.4. The molecule has 1 aromatic rings. The second-order valence-electron chi connectivity index (χ2n) is 4.02. The van der Waals surface area contributed by atoms with E-state index in [2.05, 4.69) is 4.74 Å². The third-order valence-corrected chi connectivity index (χ3v) is 2.33. The first-order valence-electron chi connectivity index (χ1n) is 5.68. The molecule has 0 aliphatic rings. The maximum Gasteiger partial charge on any atom is 0.416 e. The molecule has 0 saturated heterocycles. The lowest BCUT2D eigenvalue weighted by Crippen LogP contribution is -2.17. The van der Waals surface area contributed by atoms with Gasteiger partial charge in [0.15, 0.2) is 6.10 Å². The molecule has 0 radical (unpaired) electrons.